The van der Waals surface area contributed by atoms with E-state index in [0.717, 1.165) is 19.0 Å². The second-order valence-corrected chi connectivity index (χ2v) is 2.79. The molecule has 1 radical (unpaired) electrons. The Morgan fingerprint density at radius 2 is 1.90 bits per heavy atom. The van der Waals surface area contributed by atoms with Crippen LogP contribution in [0.5, 0.6) is 0 Å². The Kier molecular flexibility index (Phi) is 9.60. The predicted molar refractivity (Wildman–Crippen MR) is 47.4 cm³/mol. The van der Waals surface area contributed by atoms with Crippen LogP contribution in [0.4, 0.5) is 0 Å². The minimum absolute atomic E-state index is 0.730. The van der Waals surface area contributed by atoms with Crippen LogP contribution in [0.2, 0.25) is 0 Å². The molecule has 0 heterocycles. The van der Waals surface area contributed by atoms with Crippen LogP contribution in [0.1, 0.15) is 32.6 Å². The molecule has 0 N–H and O–H groups in total. The fourth-order valence-corrected chi connectivity index (χ4v) is 0.910. The second-order valence-electron chi connectivity index (χ2n) is 2.38. The number of hydrogen-bond donors (Lipinski definition) is 0. The first-order valence-corrected chi connectivity index (χ1v) is 4.65. The van der Waals surface area contributed by atoms with E-state index < -0.39 is 0 Å². The van der Waals surface area contributed by atoms with E-state index in [4.69, 9.17) is 17.4 Å². The van der Waals surface area contributed by atoms with Gasteiger partial charge in [0.25, 0.3) is 0 Å². The maximum absolute atomic E-state index is 5.23. The molecule has 1 nitrogen and oxygen atoms in total. The van der Waals surface area contributed by atoms with Crippen LogP contribution in [-0.4, -0.2) is 19.0 Å². The Labute approximate surface area is 69.6 Å². The number of hydrogen-bond acceptors (Lipinski definition) is 1. The van der Waals surface area contributed by atoms with Gasteiger partial charge in [-0.05, 0) is 6.42 Å². The fourth-order valence-electron chi connectivity index (χ4n) is 0.792. The van der Waals surface area contributed by atoms with Crippen molar-refractivity contribution in [2.75, 3.05) is 19.0 Å². The molecule has 0 aromatic rings. The van der Waals surface area contributed by atoms with Gasteiger partial charge in [0.2, 0.25) is 0 Å². The summed E-state index contributed by atoms with van der Waals surface area (Å²) in [6.07, 6.45) is 5.12. The first kappa shape index (κ1) is 10.3. The van der Waals surface area contributed by atoms with E-state index in [1.54, 1.807) is 0 Å². The molecule has 0 rings (SSSR count). The number of rotatable bonds is 7. The molecule has 0 unspecified atom stereocenters. The van der Waals surface area contributed by atoms with E-state index in [1.165, 1.54) is 25.7 Å². The van der Waals surface area contributed by atoms with Gasteiger partial charge in [-0.3, -0.25) is 0 Å². The highest BCUT2D eigenvalue weighted by atomic mass is 32.1. The third-order valence-electron chi connectivity index (χ3n) is 1.37. The molecule has 0 aromatic carbocycles. The van der Waals surface area contributed by atoms with Gasteiger partial charge in [-0.1, -0.05) is 38.8 Å². The highest BCUT2D eigenvalue weighted by Gasteiger charge is 1.87. The van der Waals surface area contributed by atoms with Crippen LogP contribution in [0, 0.1) is 0 Å². The van der Waals surface area contributed by atoms with Crippen molar-refractivity contribution in [3.63, 3.8) is 0 Å². The summed E-state index contributed by atoms with van der Waals surface area (Å²) in [6.45, 7) is 3.86. The lowest BCUT2D eigenvalue weighted by atomic mass is 10.2. The Bertz CT molecular complexity index is 49.2. The average Bonchev–Trinajstić information content (AvgIpc) is 1.97. The van der Waals surface area contributed by atoms with Crippen molar-refractivity contribution in [3.05, 3.63) is 0 Å². The lowest BCUT2D eigenvalue weighted by molar-refractivity contribution is 0.145. The summed E-state index contributed by atoms with van der Waals surface area (Å²) in [5, 5.41) is 0. The zero-order chi connectivity index (χ0) is 7.66. The molecule has 0 aliphatic carbocycles. The largest absolute Gasteiger partial charge is 0.381 e. The maximum atomic E-state index is 5.23. The summed E-state index contributed by atoms with van der Waals surface area (Å²) in [4.78, 5) is 0. The molecule has 0 atom stereocenters. The lowest BCUT2D eigenvalue weighted by Gasteiger charge is -1.99. The zero-order valence-electron chi connectivity index (χ0n) is 6.77. The Balaban J connectivity index is 2.65. The predicted octanol–water partition coefficient (Wildman–Crippen LogP) is 2.78. The van der Waals surface area contributed by atoms with Crippen molar-refractivity contribution in [3.8, 4) is 0 Å². The normalized spacial score (nSPS) is 10.2. The van der Waals surface area contributed by atoms with Gasteiger partial charge in [-0.2, -0.15) is 0 Å². The average molecular weight is 161 g/mol. The summed E-state index contributed by atoms with van der Waals surface area (Å²) in [7, 11) is 0. The monoisotopic (exact) mass is 161 g/mol. The molecule has 61 valence electrons. The molecule has 10 heavy (non-hydrogen) atoms. The highest BCUT2D eigenvalue weighted by molar-refractivity contribution is 7.80. The van der Waals surface area contributed by atoms with E-state index in [1.807, 2.05) is 0 Å². The van der Waals surface area contributed by atoms with Gasteiger partial charge in [0.15, 0.2) is 0 Å². The highest BCUT2D eigenvalue weighted by Crippen LogP contribution is 1.98. The van der Waals surface area contributed by atoms with Gasteiger partial charge < -0.3 is 4.74 Å². The van der Waals surface area contributed by atoms with Crippen LogP contribution in [-0.2, 0) is 4.74 Å². The van der Waals surface area contributed by atoms with E-state index in [9.17, 15) is 0 Å². The van der Waals surface area contributed by atoms with Crippen LogP contribution in [0.3, 0.4) is 0 Å². The lowest BCUT2D eigenvalue weighted by Crippen LogP contribution is -1.97. The second kappa shape index (κ2) is 9.31. The number of ether oxygens (including phenoxy) is 1. The Morgan fingerprint density at radius 3 is 2.50 bits per heavy atom. The van der Waals surface area contributed by atoms with E-state index in [2.05, 4.69) is 6.92 Å². The van der Waals surface area contributed by atoms with Crippen LogP contribution in [0.25, 0.3) is 0 Å². The molecule has 0 aromatic heterocycles. The molecule has 0 aliphatic rings. The minimum atomic E-state index is 0.730. The molecular formula is C8H17OS. The summed E-state index contributed by atoms with van der Waals surface area (Å²) < 4.78 is 5.23. The zero-order valence-corrected chi connectivity index (χ0v) is 7.58. The van der Waals surface area contributed by atoms with Crippen molar-refractivity contribution in [2.24, 2.45) is 0 Å². The summed E-state index contributed by atoms with van der Waals surface area (Å²) in [6, 6.07) is 0. The van der Waals surface area contributed by atoms with Crippen molar-refractivity contribution in [2.45, 2.75) is 32.6 Å². The molecular weight excluding hydrogens is 144 g/mol. The van der Waals surface area contributed by atoms with Crippen LogP contribution in [0.15, 0.2) is 0 Å². The molecule has 0 saturated heterocycles. The quantitative estimate of drug-likeness (QED) is 0.522. The smallest absolute Gasteiger partial charge is 0.0565 e. The van der Waals surface area contributed by atoms with Gasteiger partial charge in [0.05, 0.1) is 6.61 Å². The Morgan fingerprint density at radius 1 is 1.10 bits per heavy atom. The van der Waals surface area contributed by atoms with E-state index in [-0.39, 0.29) is 0 Å². The van der Waals surface area contributed by atoms with Gasteiger partial charge in [-0.15, -0.1) is 0 Å². The number of unbranched alkanes of at least 4 members (excludes halogenated alkanes) is 3. The molecule has 0 aliphatic heterocycles. The van der Waals surface area contributed by atoms with Gasteiger partial charge in [0.1, 0.15) is 0 Å². The van der Waals surface area contributed by atoms with Crippen molar-refractivity contribution in [1.29, 1.82) is 0 Å². The van der Waals surface area contributed by atoms with Gasteiger partial charge >= 0.3 is 0 Å². The fraction of sp³-hybridized carbons (Fsp3) is 1.00. The molecule has 0 saturated carbocycles. The van der Waals surface area contributed by atoms with Crippen LogP contribution >= 0.6 is 12.6 Å². The first-order chi connectivity index (χ1) is 4.91. The molecule has 0 amide bonds. The maximum Gasteiger partial charge on any atom is 0.0565 e. The molecule has 0 bridgehead atoms. The molecule has 0 fully saturated rings. The first-order valence-electron chi connectivity index (χ1n) is 4.07. The third kappa shape index (κ3) is 8.31. The topological polar surface area (TPSA) is 9.23 Å². The van der Waals surface area contributed by atoms with Crippen molar-refractivity contribution < 1.29 is 4.74 Å². The SMILES string of the molecule is CCCCCCOCC[S]. The standard InChI is InChI=1S/C8H17OS/c1-2-3-4-5-6-9-7-8-10/h2-8H2,1H3. The summed E-state index contributed by atoms with van der Waals surface area (Å²) in [5.74, 6) is 0.730. The van der Waals surface area contributed by atoms with Gasteiger partial charge in [0, 0.05) is 12.4 Å². The minimum Gasteiger partial charge on any atom is -0.381 e. The van der Waals surface area contributed by atoms with Crippen LogP contribution < -0.4 is 0 Å². The Hall–Kier alpha value is 0.310. The summed E-state index contributed by atoms with van der Waals surface area (Å²) in [5.41, 5.74) is 0. The van der Waals surface area contributed by atoms with Gasteiger partial charge in [-0.25, -0.2) is 0 Å². The third-order valence-corrected chi connectivity index (χ3v) is 1.54. The van der Waals surface area contributed by atoms with E-state index >= 15 is 0 Å². The summed E-state index contributed by atoms with van der Waals surface area (Å²) >= 11 is 4.73. The van der Waals surface area contributed by atoms with Crippen molar-refractivity contribution in [1.82, 2.24) is 0 Å². The molecule has 2 heteroatoms. The van der Waals surface area contributed by atoms with E-state index in [0.29, 0.717) is 0 Å². The molecule has 0 spiro atoms. The van der Waals surface area contributed by atoms with Crippen molar-refractivity contribution >= 4 is 12.6 Å².